The Balaban J connectivity index is 1.54. The molecule has 0 atom stereocenters. The van der Waals surface area contributed by atoms with Gasteiger partial charge >= 0.3 is 0 Å². The fourth-order valence-corrected chi connectivity index (χ4v) is 4.83. The van der Waals surface area contributed by atoms with E-state index < -0.39 is 5.83 Å². The summed E-state index contributed by atoms with van der Waals surface area (Å²) in [5.74, 6) is 3.16. The summed E-state index contributed by atoms with van der Waals surface area (Å²) in [5, 5.41) is 8.34. The van der Waals surface area contributed by atoms with Gasteiger partial charge in [0, 0.05) is 0 Å². The van der Waals surface area contributed by atoms with Crippen LogP contribution in [0.25, 0.3) is 0 Å². The summed E-state index contributed by atoms with van der Waals surface area (Å²) in [6.45, 7) is 2.35. The number of nitriles is 1. The Bertz CT molecular complexity index is 457. The molecule has 0 aromatic carbocycles. The Morgan fingerprint density at radius 3 is 1.84 bits per heavy atom. The van der Waals surface area contributed by atoms with Gasteiger partial charge in [-0.2, -0.15) is 9.65 Å². The smallest absolute Gasteiger partial charge is 0.195 e. The Kier molecular flexibility index (Phi) is 9.30. The van der Waals surface area contributed by atoms with Crippen molar-refractivity contribution in [2.75, 3.05) is 0 Å². The van der Waals surface area contributed by atoms with Crippen LogP contribution < -0.4 is 0 Å². The van der Waals surface area contributed by atoms with Crippen molar-refractivity contribution in [2.24, 2.45) is 23.7 Å². The third-order valence-corrected chi connectivity index (χ3v) is 6.72. The highest BCUT2D eigenvalue weighted by atomic mass is 19.1. The lowest BCUT2D eigenvalue weighted by atomic mass is 9.74. The van der Waals surface area contributed by atoms with Crippen molar-refractivity contribution in [3.05, 3.63) is 24.1 Å². The fraction of sp³-hybridized carbons (Fsp3) is 0.783. The highest BCUT2D eigenvalue weighted by molar-refractivity contribution is 5.18. The number of nitrogens with zero attached hydrogens (tertiary/aromatic N) is 1. The maximum Gasteiger partial charge on any atom is 0.199 e. The third kappa shape index (κ3) is 7.76. The fourth-order valence-electron chi connectivity index (χ4n) is 4.83. The van der Waals surface area contributed by atoms with E-state index in [1.807, 2.05) is 6.08 Å². The average molecular weight is 346 g/mol. The van der Waals surface area contributed by atoms with E-state index in [2.05, 4.69) is 6.92 Å². The lowest BCUT2D eigenvalue weighted by Crippen LogP contribution is -2.18. The molecule has 0 spiro atoms. The molecule has 25 heavy (non-hydrogen) atoms. The number of rotatable bonds is 8. The normalized spacial score (nSPS) is 31.2. The van der Waals surface area contributed by atoms with Gasteiger partial charge in [-0.15, -0.1) is 0 Å². The number of halogens is 1. The van der Waals surface area contributed by atoms with Crippen LogP contribution in [0, 0.1) is 35.0 Å². The maximum absolute atomic E-state index is 12.6. The summed E-state index contributed by atoms with van der Waals surface area (Å²) in [7, 11) is 0. The van der Waals surface area contributed by atoms with Gasteiger partial charge in [-0.1, -0.05) is 89.7 Å². The minimum Gasteiger partial charge on any atom is -0.195 e. The Labute approximate surface area is 154 Å². The molecule has 0 unspecified atom stereocenters. The van der Waals surface area contributed by atoms with Crippen LogP contribution in [0.15, 0.2) is 24.1 Å². The molecule has 0 aromatic rings. The summed E-state index contributed by atoms with van der Waals surface area (Å²) in [4.78, 5) is 0. The van der Waals surface area contributed by atoms with E-state index in [1.165, 1.54) is 89.2 Å². The first-order chi connectivity index (χ1) is 12.2. The van der Waals surface area contributed by atoms with E-state index in [0.29, 0.717) is 0 Å². The van der Waals surface area contributed by atoms with Crippen LogP contribution in [0.4, 0.5) is 4.39 Å². The zero-order valence-electron chi connectivity index (χ0n) is 16.1. The molecule has 2 fully saturated rings. The topological polar surface area (TPSA) is 23.8 Å². The lowest BCUT2D eigenvalue weighted by Gasteiger charge is -2.31. The van der Waals surface area contributed by atoms with Crippen LogP contribution in [-0.4, -0.2) is 0 Å². The summed E-state index contributed by atoms with van der Waals surface area (Å²) in [6, 6.07) is 1.49. The summed E-state index contributed by atoms with van der Waals surface area (Å²) < 4.78 is 12.6. The minimum absolute atomic E-state index is 0.708. The van der Waals surface area contributed by atoms with Crippen LogP contribution >= 0.6 is 0 Å². The van der Waals surface area contributed by atoms with Crippen LogP contribution in [-0.2, 0) is 0 Å². The van der Waals surface area contributed by atoms with Gasteiger partial charge in [0.15, 0.2) is 5.83 Å². The summed E-state index contributed by atoms with van der Waals surface area (Å²) >= 11 is 0. The lowest BCUT2D eigenvalue weighted by molar-refractivity contribution is 0.212. The van der Waals surface area contributed by atoms with Gasteiger partial charge in [0.05, 0.1) is 0 Å². The van der Waals surface area contributed by atoms with E-state index in [0.717, 1.165) is 30.1 Å². The molecule has 0 N–H and O–H groups in total. The zero-order chi connectivity index (χ0) is 17.9. The molecule has 0 saturated heterocycles. The molecule has 1 nitrogen and oxygen atoms in total. The molecule has 2 aliphatic carbocycles. The van der Waals surface area contributed by atoms with Crippen molar-refractivity contribution in [1.82, 2.24) is 0 Å². The van der Waals surface area contributed by atoms with Gasteiger partial charge in [0.25, 0.3) is 0 Å². The van der Waals surface area contributed by atoms with Gasteiger partial charge in [0.1, 0.15) is 6.07 Å². The standard InChI is InChI=1S/C23H36FN/c1-2-19-8-10-21(11-9-19)16-17-22-14-12-20(13-15-22)6-4-3-5-7-23(24)18-25/h3,5,7,19-22H,2,4,6,8-17H2,1H3/b5-3+,23-7-. The van der Waals surface area contributed by atoms with Gasteiger partial charge in [-0.05, 0) is 42.6 Å². The molecule has 0 heterocycles. The van der Waals surface area contributed by atoms with Crippen molar-refractivity contribution >= 4 is 0 Å². The van der Waals surface area contributed by atoms with Crippen molar-refractivity contribution in [2.45, 2.75) is 90.4 Å². The van der Waals surface area contributed by atoms with Crippen LogP contribution in [0.3, 0.4) is 0 Å². The van der Waals surface area contributed by atoms with Crippen molar-refractivity contribution in [3.63, 3.8) is 0 Å². The second-order valence-electron chi connectivity index (χ2n) is 8.39. The summed E-state index contributed by atoms with van der Waals surface area (Å²) in [6.07, 6.45) is 23.0. The second-order valence-corrected chi connectivity index (χ2v) is 8.39. The largest absolute Gasteiger partial charge is 0.199 e. The number of hydrogen-bond donors (Lipinski definition) is 0. The highest BCUT2D eigenvalue weighted by Crippen LogP contribution is 2.38. The number of hydrogen-bond acceptors (Lipinski definition) is 1. The van der Waals surface area contributed by atoms with Gasteiger partial charge < -0.3 is 0 Å². The van der Waals surface area contributed by atoms with E-state index in [4.69, 9.17) is 5.26 Å². The van der Waals surface area contributed by atoms with Crippen molar-refractivity contribution in [1.29, 1.82) is 5.26 Å². The predicted octanol–water partition coefficient (Wildman–Crippen LogP) is 7.50. The van der Waals surface area contributed by atoms with E-state index >= 15 is 0 Å². The molecule has 0 aliphatic heterocycles. The Morgan fingerprint density at radius 2 is 1.36 bits per heavy atom. The zero-order valence-corrected chi connectivity index (χ0v) is 16.1. The SMILES string of the molecule is CCC1CCC(CCC2CCC(CC/C=C/C=C(\F)C#N)CC2)CC1. The van der Waals surface area contributed by atoms with Crippen LogP contribution in [0.1, 0.15) is 90.4 Å². The van der Waals surface area contributed by atoms with Crippen LogP contribution in [0.2, 0.25) is 0 Å². The molecule has 2 heteroatoms. The first kappa shape index (κ1) is 20.2. The molecule has 0 bridgehead atoms. The van der Waals surface area contributed by atoms with E-state index in [-0.39, 0.29) is 0 Å². The molecule has 2 rings (SSSR count). The molecule has 140 valence electrons. The Morgan fingerprint density at radius 1 is 0.880 bits per heavy atom. The van der Waals surface area contributed by atoms with E-state index in [9.17, 15) is 4.39 Å². The van der Waals surface area contributed by atoms with Gasteiger partial charge in [0.2, 0.25) is 0 Å². The molecular formula is C23H36FN. The average Bonchev–Trinajstić information content (AvgIpc) is 2.67. The van der Waals surface area contributed by atoms with Crippen LogP contribution in [0.5, 0.6) is 0 Å². The molecule has 2 saturated carbocycles. The Hall–Kier alpha value is -1.10. The minimum atomic E-state index is -0.708. The molecule has 2 aliphatic rings. The van der Waals surface area contributed by atoms with Crippen molar-refractivity contribution < 1.29 is 4.39 Å². The monoisotopic (exact) mass is 345 g/mol. The quantitative estimate of drug-likeness (QED) is 0.330. The molecular weight excluding hydrogens is 309 g/mol. The summed E-state index contributed by atoms with van der Waals surface area (Å²) in [5.41, 5.74) is 0. The first-order valence-electron chi connectivity index (χ1n) is 10.6. The number of allylic oxidation sites excluding steroid dienone is 4. The predicted molar refractivity (Wildman–Crippen MR) is 104 cm³/mol. The van der Waals surface area contributed by atoms with Crippen molar-refractivity contribution in [3.8, 4) is 6.07 Å². The second kappa shape index (κ2) is 11.5. The highest BCUT2D eigenvalue weighted by Gasteiger charge is 2.24. The molecule has 0 radical (unpaired) electrons. The third-order valence-electron chi connectivity index (χ3n) is 6.72. The maximum atomic E-state index is 12.6. The first-order valence-corrected chi connectivity index (χ1v) is 10.6. The van der Waals surface area contributed by atoms with Gasteiger partial charge in [-0.25, -0.2) is 0 Å². The van der Waals surface area contributed by atoms with E-state index in [1.54, 1.807) is 6.08 Å². The molecule has 0 aromatic heterocycles. The van der Waals surface area contributed by atoms with Gasteiger partial charge in [-0.3, -0.25) is 0 Å². The molecule has 0 amide bonds.